The zero-order valence-electron chi connectivity index (χ0n) is 45.9. The third kappa shape index (κ3) is 56.6. The highest BCUT2D eigenvalue weighted by Crippen LogP contribution is 2.43. The quantitative estimate of drug-likeness (QED) is 0.0264. The van der Waals surface area contributed by atoms with Gasteiger partial charge in [0, 0.05) is 19.4 Å². The van der Waals surface area contributed by atoms with E-state index in [0.29, 0.717) is 6.42 Å². The molecule has 412 valence electrons. The molecule has 0 radical (unpaired) electrons. The van der Waals surface area contributed by atoms with Gasteiger partial charge in [-0.05, 0) is 83.5 Å². The lowest BCUT2D eigenvalue weighted by atomic mass is 10.0. The topological polar surface area (TPSA) is 134 Å². The van der Waals surface area contributed by atoms with Crippen molar-refractivity contribution in [3.8, 4) is 0 Å². The molecule has 0 spiro atoms. The molecule has 0 amide bonds. The predicted molar refractivity (Wildman–Crippen MR) is 302 cm³/mol. The summed E-state index contributed by atoms with van der Waals surface area (Å²) in [5.74, 6) is -0.826. The van der Waals surface area contributed by atoms with Crippen molar-refractivity contribution in [3.05, 3.63) is 72.9 Å². The molecule has 0 aromatic rings. The lowest BCUT2D eigenvalue weighted by Crippen LogP contribution is -2.29. The number of hydrogen-bond donors (Lipinski definition) is 2. The number of phosphoric acid groups is 1. The largest absolute Gasteiger partial charge is 0.472 e. The maximum atomic E-state index is 12.7. The molecule has 3 N–H and O–H groups in total. The van der Waals surface area contributed by atoms with E-state index in [2.05, 4.69) is 86.8 Å². The molecule has 0 fully saturated rings. The van der Waals surface area contributed by atoms with Crippen LogP contribution in [0.5, 0.6) is 0 Å². The Balaban J connectivity index is 3.95. The van der Waals surface area contributed by atoms with Crippen LogP contribution in [0.4, 0.5) is 0 Å². The van der Waals surface area contributed by atoms with Gasteiger partial charge in [0.15, 0.2) is 6.10 Å². The molecule has 2 unspecified atom stereocenters. The van der Waals surface area contributed by atoms with Crippen LogP contribution in [0.1, 0.15) is 271 Å². The average molecular weight is 1020 g/mol. The summed E-state index contributed by atoms with van der Waals surface area (Å²) in [6.45, 7) is 3.64. The van der Waals surface area contributed by atoms with E-state index >= 15 is 0 Å². The zero-order valence-corrected chi connectivity index (χ0v) is 46.8. The summed E-state index contributed by atoms with van der Waals surface area (Å²) in [7, 11) is -4.39. The van der Waals surface area contributed by atoms with E-state index in [4.69, 9.17) is 24.3 Å². The van der Waals surface area contributed by atoms with Crippen molar-refractivity contribution in [2.24, 2.45) is 5.73 Å². The summed E-state index contributed by atoms with van der Waals surface area (Å²) in [6, 6.07) is 0. The van der Waals surface area contributed by atoms with Crippen LogP contribution in [0.3, 0.4) is 0 Å². The second kappa shape index (κ2) is 56.7. The van der Waals surface area contributed by atoms with Crippen LogP contribution in [0.15, 0.2) is 72.9 Å². The molecule has 0 aliphatic rings. The van der Waals surface area contributed by atoms with Gasteiger partial charge in [0.2, 0.25) is 0 Å². The molecule has 2 atom stereocenters. The Bertz CT molecular complexity index is 1390. The van der Waals surface area contributed by atoms with Gasteiger partial charge >= 0.3 is 19.8 Å². The Morgan fingerprint density at radius 1 is 0.437 bits per heavy atom. The number of nitrogens with two attached hydrogens (primary N) is 1. The highest BCUT2D eigenvalue weighted by molar-refractivity contribution is 7.47. The van der Waals surface area contributed by atoms with Crippen molar-refractivity contribution in [2.45, 2.75) is 277 Å². The van der Waals surface area contributed by atoms with Gasteiger partial charge in [0.05, 0.1) is 13.2 Å². The minimum absolute atomic E-state index is 0.0514. The minimum Gasteiger partial charge on any atom is -0.462 e. The third-order valence-corrected chi connectivity index (χ3v) is 13.6. The molecule has 10 heteroatoms. The third-order valence-electron chi connectivity index (χ3n) is 12.6. The summed E-state index contributed by atoms with van der Waals surface area (Å²) in [6.07, 6.45) is 72.4. The molecule has 0 aromatic carbocycles. The molecular formula is C61H110NO8P. The lowest BCUT2D eigenvalue weighted by molar-refractivity contribution is -0.161. The molecule has 0 bridgehead atoms. The zero-order chi connectivity index (χ0) is 51.7. The van der Waals surface area contributed by atoms with Crippen molar-refractivity contribution >= 4 is 19.8 Å². The molecule has 0 rings (SSSR count). The molecule has 0 heterocycles. The Morgan fingerprint density at radius 3 is 1.15 bits per heavy atom. The van der Waals surface area contributed by atoms with Crippen LogP contribution in [-0.4, -0.2) is 49.3 Å². The fourth-order valence-corrected chi connectivity index (χ4v) is 9.01. The summed E-state index contributed by atoms with van der Waals surface area (Å²) >= 11 is 0. The van der Waals surface area contributed by atoms with Gasteiger partial charge in [-0.25, -0.2) is 4.57 Å². The molecule has 71 heavy (non-hydrogen) atoms. The Hall–Kier alpha value is -2.55. The Morgan fingerprint density at radius 2 is 0.775 bits per heavy atom. The standard InChI is InChI=1S/C61H110NO8P/c1-3-5-7-9-11-13-15-17-19-21-23-25-26-27-28-29-30-31-32-34-36-38-40-42-44-46-48-50-52-54-61(64)70-59(58-69-71(65,66)68-56-55-62)57-67-60(63)53-51-49-47-45-43-41-39-37-35-33-24-22-20-18-16-14-12-10-8-6-4-2/h5,7,11,13,16-19,22-25,59H,3-4,6,8-10,12,14-15,20-21,26-58,62H2,1-2H3,(H,65,66)/b7-5-,13-11-,18-16-,19-17-,24-22-,25-23-. The maximum Gasteiger partial charge on any atom is 0.472 e. The number of esters is 2. The fourth-order valence-electron chi connectivity index (χ4n) is 8.25. The van der Waals surface area contributed by atoms with Crippen molar-refractivity contribution < 1.29 is 37.6 Å². The number of phosphoric ester groups is 1. The van der Waals surface area contributed by atoms with E-state index in [1.807, 2.05) is 0 Å². The second-order valence-electron chi connectivity index (χ2n) is 19.5. The van der Waals surface area contributed by atoms with Gasteiger partial charge in [-0.15, -0.1) is 0 Å². The van der Waals surface area contributed by atoms with Crippen molar-refractivity contribution in [3.63, 3.8) is 0 Å². The van der Waals surface area contributed by atoms with Gasteiger partial charge < -0.3 is 20.1 Å². The smallest absolute Gasteiger partial charge is 0.462 e. The average Bonchev–Trinajstić information content (AvgIpc) is 3.36. The van der Waals surface area contributed by atoms with Gasteiger partial charge in [-0.3, -0.25) is 18.6 Å². The first kappa shape index (κ1) is 68.5. The number of carbonyl (C=O) groups is 2. The Kier molecular flexibility index (Phi) is 54.7. The number of ether oxygens (including phenoxy) is 2. The maximum absolute atomic E-state index is 12.7. The summed E-state index contributed by atoms with van der Waals surface area (Å²) in [4.78, 5) is 35.2. The van der Waals surface area contributed by atoms with Crippen LogP contribution < -0.4 is 5.73 Å². The first-order chi connectivity index (χ1) is 34.8. The first-order valence-electron chi connectivity index (χ1n) is 29.4. The van der Waals surface area contributed by atoms with Crippen molar-refractivity contribution in [1.29, 1.82) is 0 Å². The molecule has 0 aliphatic carbocycles. The lowest BCUT2D eigenvalue weighted by Gasteiger charge is -2.19. The summed E-state index contributed by atoms with van der Waals surface area (Å²) < 4.78 is 33.1. The normalized spacial score (nSPS) is 13.6. The van der Waals surface area contributed by atoms with E-state index in [9.17, 15) is 19.0 Å². The molecular weight excluding hydrogens is 906 g/mol. The van der Waals surface area contributed by atoms with Crippen LogP contribution in [0, 0.1) is 0 Å². The second-order valence-corrected chi connectivity index (χ2v) is 20.9. The predicted octanol–water partition coefficient (Wildman–Crippen LogP) is 18.5. The number of allylic oxidation sites excluding steroid dienone is 12. The van der Waals surface area contributed by atoms with Gasteiger partial charge in [-0.1, -0.05) is 247 Å². The number of rotatable bonds is 55. The van der Waals surface area contributed by atoms with Gasteiger partial charge in [-0.2, -0.15) is 0 Å². The number of unbranched alkanes of at least 4 members (excludes halogenated alkanes) is 30. The first-order valence-corrected chi connectivity index (χ1v) is 30.9. The Labute approximate surface area is 437 Å². The molecule has 0 aliphatic heterocycles. The van der Waals surface area contributed by atoms with Crippen molar-refractivity contribution in [1.82, 2.24) is 0 Å². The fraction of sp³-hybridized carbons (Fsp3) is 0.770. The number of hydrogen-bond acceptors (Lipinski definition) is 8. The minimum atomic E-state index is -4.39. The number of carbonyl (C=O) groups excluding carboxylic acids is 2. The SMILES string of the molecule is CC/C=C\C/C=C\C/C=C\C/C=C\CCCCCCCCCCCCCCCCCCC(=O)OC(COC(=O)CCCCCCCCCCC/C=C\C/C=C\CCCCCCC)COP(=O)(O)OCCN. The van der Waals surface area contributed by atoms with E-state index in [1.54, 1.807) is 0 Å². The molecule has 0 saturated heterocycles. The monoisotopic (exact) mass is 1020 g/mol. The van der Waals surface area contributed by atoms with E-state index in [-0.39, 0.29) is 38.6 Å². The summed E-state index contributed by atoms with van der Waals surface area (Å²) in [5.41, 5.74) is 5.38. The molecule has 0 aromatic heterocycles. The molecule has 0 saturated carbocycles. The van der Waals surface area contributed by atoms with E-state index in [1.165, 1.54) is 167 Å². The molecule has 9 nitrogen and oxygen atoms in total. The van der Waals surface area contributed by atoms with E-state index in [0.717, 1.165) is 70.6 Å². The van der Waals surface area contributed by atoms with Crippen LogP contribution >= 0.6 is 7.82 Å². The van der Waals surface area contributed by atoms with Crippen LogP contribution in [-0.2, 0) is 32.7 Å². The van der Waals surface area contributed by atoms with Gasteiger partial charge in [0.1, 0.15) is 6.61 Å². The van der Waals surface area contributed by atoms with Gasteiger partial charge in [0.25, 0.3) is 0 Å². The summed E-state index contributed by atoms with van der Waals surface area (Å²) in [5, 5.41) is 0. The van der Waals surface area contributed by atoms with Crippen molar-refractivity contribution in [2.75, 3.05) is 26.4 Å². The van der Waals surface area contributed by atoms with E-state index < -0.39 is 26.5 Å². The highest BCUT2D eigenvalue weighted by Gasteiger charge is 2.26. The highest BCUT2D eigenvalue weighted by atomic mass is 31.2. The van der Waals surface area contributed by atoms with Crippen LogP contribution in [0.25, 0.3) is 0 Å². The van der Waals surface area contributed by atoms with Crippen LogP contribution in [0.2, 0.25) is 0 Å².